The molecular formula is C21H29BrCl4N2O2. The number of hydrogen-bond donors (Lipinski definition) is 1. The van der Waals surface area contributed by atoms with Gasteiger partial charge in [-0.05, 0) is 86.3 Å². The molecule has 0 aliphatic carbocycles. The highest BCUT2D eigenvalue weighted by molar-refractivity contribution is 9.10. The number of rotatable bonds is 11. The zero-order valence-electron chi connectivity index (χ0n) is 17.3. The third-order valence-corrected chi connectivity index (χ3v) is 5.22. The normalized spacial score (nSPS) is 10.4. The standard InChI is InChI=1S/C21H27BrCl2N2O2.2ClH/c1-4-27-20-11-15(13-25-8-5-9-26(2)3)10-18(22)21(20)28-14-16-6-7-17(23)12-19(16)24;;/h6-7,10-12,25H,4-5,8-9,13-14H2,1-3H3;2*1H. The van der Waals surface area contributed by atoms with Crippen LogP contribution in [0, 0.1) is 0 Å². The highest BCUT2D eigenvalue weighted by atomic mass is 79.9. The highest BCUT2D eigenvalue weighted by Gasteiger charge is 2.13. The van der Waals surface area contributed by atoms with Gasteiger partial charge in [-0.3, -0.25) is 0 Å². The molecule has 0 bridgehead atoms. The summed E-state index contributed by atoms with van der Waals surface area (Å²) in [7, 11) is 4.17. The zero-order valence-corrected chi connectivity index (χ0v) is 22.1. The fourth-order valence-corrected chi connectivity index (χ4v) is 3.74. The Morgan fingerprint density at radius 3 is 2.43 bits per heavy atom. The van der Waals surface area contributed by atoms with Gasteiger partial charge in [-0.15, -0.1) is 24.8 Å². The van der Waals surface area contributed by atoms with Gasteiger partial charge in [-0.25, -0.2) is 0 Å². The lowest BCUT2D eigenvalue weighted by atomic mass is 10.2. The molecule has 0 radical (unpaired) electrons. The molecule has 2 aromatic rings. The largest absolute Gasteiger partial charge is 0.490 e. The van der Waals surface area contributed by atoms with Crippen molar-refractivity contribution in [3.8, 4) is 11.5 Å². The van der Waals surface area contributed by atoms with Crippen LogP contribution < -0.4 is 14.8 Å². The van der Waals surface area contributed by atoms with Crippen LogP contribution in [0.4, 0.5) is 0 Å². The Labute approximate surface area is 210 Å². The highest BCUT2D eigenvalue weighted by Crippen LogP contribution is 2.38. The van der Waals surface area contributed by atoms with Gasteiger partial charge in [0.15, 0.2) is 11.5 Å². The van der Waals surface area contributed by atoms with Crippen molar-refractivity contribution in [1.82, 2.24) is 10.2 Å². The Balaban J connectivity index is 0.00000420. The Morgan fingerprint density at radius 2 is 1.80 bits per heavy atom. The van der Waals surface area contributed by atoms with Crippen molar-refractivity contribution >= 4 is 63.9 Å². The Bertz CT molecular complexity index is 779. The lowest BCUT2D eigenvalue weighted by Gasteiger charge is -2.16. The van der Waals surface area contributed by atoms with Crippen LogP contribution in [0.5, 0.6) is 11.5 Å². The summed E-state index contributed by atoms with van der Waals surface area (Å²) in [5.41, 5.74) is 2.00. The van der Waals surface area contributed by atoms with Crippen LogP contribution in [-0.2, 0) is 13.2 Å². The van der Waals surface area contributed by atoms with Gasteiger partial charge in [0.1, 0.15) is 6.61 Å². The lowest BCUT2D eigenvalue weighted by Crippen LogP contribution is -2.21. The van der Waals surface area contributed by atoms with E-state index in [0.717, 1.165) is 41.7 Å². The van der Waals surface area contributed by atoms with Crippen LogP contribution in [-0.4, -0.2) is 38.7 Å². The monoisotopic (exact) mass is 560 g/mol. The summed E-state index contributed by atoms with van der Waals surface area (Å²) in [6.07, 6.45) is 1.11. The first kappa shape index (κ1) is 29.6. The smallest absolute Gasteiger partial charge is 0.175 e. The van der Waals surface area contributed by atoms with Crippen molar-refractivity contribution < 1.29 is 9.47 Å². The van der Waals surface area contributed by atoms with Gasteiger partial charge in [0.05, 0.1) is 11.1 Å². The van der Waals surface area contributed by atoms with Crippen molar-refractivity contribution in [1.29, 1.82) is 0 Å². The number of nitrogens with zero attached hydrogens (tertiary/aromatic N) is 1. The second kappa shape index (κ2) is 15.4. The lowest BCUT2D eigenvalue weighted by molar-refractivity contribution is 0.267. The molecule has 0 saturated carbocycles. The first-order chi connectivity index (χ1) is 13.4. The molecule has 30 heavy (non-hydrogen) atoms. The van der Waals surface area contributed by atoms with E-state index < -0.39 is 0 Å². The number of benzene rings is 2. The molecule has 0 amide bonds. The average molecular weight is 563 g/mol. The molecule has 0 fully saturated rings. The van der Waals surface area contributed by atoms with Crippen LogP contribution >= 0.6 is 63.9 Å². The minimum absolute atomic E-state index is 0. The van der Waals surface area contributed by atoms with E-state index in [9.17, 15) is 0 Å². The van der Waals surface area contributed by atoms with Crippen LogP contribution in [0.25, 0.3) is 0 Å². The predicted octanol–water partition coefficient (Wildman–Crippen LogP) is 6.62. The predicted molar refractivity (Wildman–Crippen MR) is 135 cm³/mol. The SMILES string of the molecule is CCOc1cc(CNCCCN(C)C)cc(Br)c1OCc1ccc(Cl)cc1Cl.Cl.Cl. The summed E-state index contributed by atoms with van der Waals surface area (Å²) in [5.74, 6) is 1.39. The van der Waals surface area contributed by atoms with E-state index in [2.05, 4.69) is 46.3 Å². The summed E-state index contributed by atoms with van der Waals surface area (Å²) in [5, 5.41) is 4.66. The maximum Gasteiger partial charge on any atom is 0.175 e. The van der Waals surface area contributed by atoms with Gasteiger partial charge < -0.3 is 19.7 Å². The van der Waals surface area contributed by atoms with Crippen molar-refractivity contribution in [3.05, 3.63) is 56.0 Å². The molecule has 9 heteroatoms. The summed E-state index contributed by atoms with van der Waals surface area (Å²) in [4.78, 5) is 2.19. The van der Waals surface area contributed by atoms with Crippen molar-refractivity contribution in [3.63, 3.8) is 0 Å². The third-order valence-electron chi connectivity index (χ3n) is 4.04. The summed E-state index contributed by atoms with van der Waals surface area (Å²) in [6.45, 7) is 5.66. The minimum Gasteiger partial charge on any atom is -0.490 e. The topological polar surface area (TPSA) is 33.7 Å². The van der Waals surface area contributed by atoms with Crippen LogP contribution in [0.3, 0.4) is 0 Å². The Hall–Kier alpha value is -0.400. The maximum absolute atomic E-state index is 6.25. The van der Waals surface area contributed by atoms with Gasteiger partial charge in [-0.1, -0.05) is 29.3 Å². The van der Waals surface area contributed by atoms with E-state index >= 15 is 0 Å². The molecule has 2 aromatic carbocycles. The van der Waals surface area contributed by atoms with E-state index in [0.29, 0.717) is 34.8 Å². The van der Waals surface area contributed by atoms with Crippen LogP contribution in [0.2, 0.25) is 10.0 Å². The van der Waals surface area contributed by atoms with Crippen LogP contribution in [0.1, 0.15) is 24.5 Å². The first-order valence-corrected chi connectivity index (χ1v) is 10.8. The van der Waals surface area contributed by atoms with Crippen molar-refractivity contribution in [2.24, 2.45) is 0 Å². The second-order valence-electron chi connectivity index (χ2n) is 6.70. The van der Waals surface area contributed by atoms with Gasteiger partial charge in [0, 0.05) is 22.2 Å². The number of halogens is 5. The molecule has 0 aromatic heterocycles. The second-order valence-corrected chi connectivity index (χ2v) is 8.39. The van der Waals surface area contributed by atoms with Gasteiger partial charge in [0.25, 0.3) is 0 Å². The molecular weight excluding hydrogens is 534 g/mol. The molecule has 0 unspecified atom stereocenters. The molecule has 0 aliphatic heterocycles. The minimum atomic E-state index is 0. The van der Waals surface area contributed by atoms with Crippen LogP contribution in [0.15, 0.2) is 34.8 Å². The van der Waals surface area contributed by atoms with E-state index in [4.69, 9.17) is 32.7 Å². The number of nitrogens with one attached hydrogen (secondary N) is 1. The number of ether oxygens (including phenoxy) is 2. The van der Waals surface area contributed by atoms with Gasteiger partial charge >= 0.3 is 0 Å². The van der Waals surface area contributed by atoms with Crippen molar-refractivity contribution in [2.45, 2.75) is 26.5 Å². The van der Waals surface area contributed by atoms with E-state index in [1.807, 2.05) is 19.1 Å². The summed E-state index contributed by atoms with van der Waals surface area (Å²) in [6, 6.07) is 9.46. The number of hydrogen-bond acceptors (Lipinski definition) is 4. The van der Waals surface area contributed by atoms with Crippen molar-refractivity contribution in [2.75, 3.05) is 33.8 Å². The van der Waals surface area contributed by atoms with E-state index in [-0.39, 0.29) is 24.8 Å². The summed E-state index contributed by atoms with van der Waals surface area (Å²) < 4.78 is 12.7. The quantitative estimate of drug-likeness (QED) is 0.312. The van der Waals surface area contributed by atoms with E-state index in [1.165, 1.54) is 0 Å². The molecule has 0 saturated heterocycles. The van der Waals surface area contributed by atoms with Gasteiger partial charge in [0.2, 0.25) is 0 Å². The molecule has 0 heterocycles. The fourth-order valence-electron chi connectivity index (χ4n) is 2.67. The third kappa shape index (κ3) is 9.82. The fraction of sp³-hybridized carbons (Fsp3) is 0.429. The molecule has 0 atom stereocenters. The first-order valence-electron chi connectivity index (χ1n) is 9.28. The maximum atomic E-state index is 6.25. The molecule has 0 aliphatic rings. The molecule has 4 nitrogen and oxygen atoms in total. The summed E-state index contributed by atoms with van der Waals surface area (Å²) >= 11 is 15.8. The molecule has 2 rings (SSSR count). The molecule has 0 spiro atoms. The molecule has 1 N–H and O–H groups in total. The van der Waals surface area contributed by atoms with Gasteiger partial charge in [-0.2, -0.15) is 0 Å². The van der Waals surface area contributed by atoms with E-state index in [1.54, 1.807) is 12.1 Å². The molecule has 170 valence electrons. The Kier molecular flexibility index (Phi) is 15.2. The average Bonchev–Trinajstić information content (AvgIpc) is 2.62. The Morgan fingerprint density at radius 1 is 1.07 bits per heavy atom. The zero-order chi connectivity index (χ0) is 20.5.